The summed E-state index contributed by atoms with van der Waals surface area (Å²) in [6.45, 7) is 1.92. The average molecular weight is 469 g/mol. The fourth-order valence-electron chi connectivity index (χ4n) is 3.27. The van der Waals surface area contributed by atoms with Gasteiger partial charge in [0.1, 0.15) is 11.6 Å². The largest absolute Gasteiger partial charge is 0.422 e. The molecule has 4 rings (SSSR count). The smallest absolute Gasteiger partial charge is 0.343 e. The van der Waals surface area contributed by atoms with Gasteiger partial charge in [-0.05, 0) is 60.2 Å². The lowest BCUT2D eigenvalue weighted by molar-refractivity contribution is -0.136. The van der Waals surface area contributed by atoms with E-state index >= 15 is 0 Å². The van der Waals surface area contributed by atoms with Gasteiger partial charge in [0, 0.05) is 11.3 Å². The molecule has 0 aliphatic carbocycles. The number of hydrogen-bond donors (Lipinski definition) is 2. The molecule has 7 nitrogen and oxygen atoms in total. The molecule has 2 amide bonds. The lowest BCUT2D eigenvalue weighted by atomic mass is 10.0. The molecule has 0 spiro atoms. The van der Waals surface area contributed by atoms with Crippen molar-refractivity contribution in [3.8, 4) is 5.75 Å². The molecule has 0 bridgehead atoms. The van der Waals surface area contributed by atoms with Crippen LogP contribution in [0.1, 0.15) is 21.5 Å². The molecule has 0 aromatic heterocycles. The first-order valence-corrected chi connectivity index (χ1v) is 10.6. The van der Waals surface area contributed by atoms with Gasteiger partial charge >= 0.3 is 17.8 Å². The number of hydrazone groups is 1. The Kier molecular flexibility index (Phi) is 6.92. The molecule has 4 aromatic rings. The zero-order chi connectivity index (χ0) is 24.8. The molecule has 0 saturated heterocycles. The monoisotopic (exact) mass is 469 g/mol. The molecule has 4 aromatic carbocycles. The molecule has 0 atom stereocenters. The summed E-state index contributed by atoms with van der Waals surface area (Å²) in [6.07, 6.45) is 1.31. The third-order valence-corrected chi connectivity index (χ3v) is 5.09. The number of ether oxygens (including phenoxy) is 1. The molecule has 2 N–H and O–H groups in total. The molecule has 0 saturated carbocycles. The van der Waals surface area contributed by atoms with Gasteiger partial charge in [-0.2, -0.15) is 5.10 Å². The number of nitrogens with one attached hydrogen (secondary N) is 2. The Labute approximate surface area is 200 Å². The topological polar surface area (TPSA) is 96.9 Å². The Balaban J connectivity index is 1.53. The van der Waals surface area contributed by atoms with Crippen molar-refractivity contribution in [1.29, 1.82) is 0 Å². The van der Waals surface area contributed by atoms with E-state index in [1.54, 1.807) is 24.3 Å². The van der Waals surface area contributed by atoms with Crippen molar-refractivity contribution >= 4 is 40.5 Å². The minimum atomic E-state index is -1.02. The minimum absolute atomic E-state index is 0.239. The lowest BCUT2D eigenvalue weighted by Crippen LogP contribution is -2.32. The number of amides is 2. The van der Waals surface area contributed by atoms with E-state index in [2.05, 4.69) is 15.8 Å². The highest BCUT2D eigenvalue weighted by molar-refractivity contribution is 6.39. The Hall–Kier alpha value is -4.85. The van der Waals surface area contributed by atoms with Crippen molar-refractivity contribution in [2.24, 2.45) is 5.10 Å². The second kappa shape index (κ2) is 10.4. The number of carbonyl (C=O) groups excluding carboxylic acids is 3. The first kappa shape index (κ1) is 23.3. The Morgan fingerprint density at radius 3 is 2.31 bits per heavy atom. The van der Waals surface area contributed by atoms with Gasteiger partial charge in [0.05, 0.1) is 11.8 Å². The standard InChI is InChI=1S/C27H20FN3O4/c1-17-6-8-19(9-7-17)27(34)35-24-15-10-18-4-2-3-5-22(18)23(24)16-29-31-26(33)25(32)30-21-13-11-20(28)12-14-21/h2-16H,1H3,(H,30,32)(H,31,33)/b29-16-. The molecule has 0 fully saturated rings. The third-order valence-electron chi connectivity index (χ3n) is 5.09. The van der Waals surface area contributed by atoms with Crippen molar-refractivity contribution in [2.45, 2.75) is 6.92 Å². The van der Waals surface area contributed by atoms with Crippen LogP contribution in [0, 0.1) is 12.7 Å². The van der Waals surface area contributed by atoms with Gasteiger partial charge in [-0.3, -0.25) is 9.59 Å². The quantitative estimate of drug-likeness (QED) is 0.147. The highest BCUT2D eigenvalue weighted by Gasteiger charge is 2.15. The van der Waals surface area contributed by atoms with Gasteiger partial charge in [-0.1, -0.05) is 48.0 Å². The van der Waals surface area contributed by atoms with Crippen LogP contribution in [-0.2, 0) is 9.59 Å². The number of nitrogens with zero attached hydrogens (tertiary/aromatic N) is 1. The summed E-state index contributed by atoms with van der Waals surface area (Å²) in [6, 6.07) is 22.8. The first-order chi connectivity index (χ1) is 16.9. The summed E-state index contributed by atoms with van der Waals surface area (Å²) < 4.78 is 18.6. The normalized spacial score (nSPS) is 10.8. The first-order valence-electron chi connectivity index (χ1n) is 10.6. The fraction of sp³-hybridized carbons (Fsp3) is 0.0370. The van der Waals surface area contributed by atoms with Crippen molar-refractivity contribution < 1.29 is 23.5 Å². The van der Waals surface area contributed by atoms with E-state index in [0.29, 0.717) is 11.1 Å². The maximum absolute atomic E-state index is 13.0. The molecule has 8 heteroatoms. The van der Waals surface area contributed by atoms with Crippen molar-refractivity contribution in [1.82, 2.24) is 5.43 Å². The summed E-state index contributed by atoms with van der Waals surface area (Å²) >= 11 is 0. The molecule has 174 valence electrons. The molecule has 0 heterocycles. The highest BCUT2D eigenvalue weighted by atomic mass is 19.1. The maximum Gasteiger partial charge on any atom is 0.343 e. The number of esters is 1. The summed E-state index contributed by atoms with van der Waals surface area (Å²) in [5.41, 5.74) is 4.26. The van der Waals surface area contributed by atoms with E-state index in [-0.39, 0.29) is 11.4 Å². The molecule has 0 radical (unpaired) electrons. The van der Waals surface area contributed by atoms with E-state index < -0.39 is 23.6 Å². The average Bonchev–Trinajstić information content (AvgIpc) is 2.86. The van der Waals surface area contributed by atoms with E-state index in [1.165, 1.54) is 18.3 Å². The molecular formula is C27H20FN3O4. The highest BCUT2D eigenvalue weighted by Crippen LogP contribution is 2.27. The number of rotatable bonds is 5. The zero-order valence-corrected chi connectivity index (χ0v) is 18.6. The van der Waals surface area contributed by atoms with Crippen LogP contribution in [0.5, 0.6) is 5.75 Å². The lowest BCUT2D eigenvalue weighted by Gasteiger charge is -2.11. The summed E-state index contributed by atoms with van der Waals surface area (Å²) in [4.78, 5) is 36.9. The minimum Gasteiger partial charge on any atom is -0.422 e. The van der Waals surface area contributed by atoms with Crippen LogP contribution in [0.2, 0.25) is 0 Å². The number of hydrogen-bond acceptors (Lipinski definition) is 5. The number of aryl methyl sites for hydroxylation is 1. The van der Waals surface area contributed by atoms with Crippen LogP contribution in [-0.4, -0.2) is 24.0 Å². The van der Waals surface area contributed by atoms with E-state index in [1.807, 2.05) is 43.3 Å². The number of halogens is 1. The Bertz CT molecular complexity index is 1430. The predicted molar refractivity (Wildman–Crippen MR) is 131 cm³/mol. The SMILES string of the molecule is Cc1ccc(C(=O)Oc2ccc3ccccc3c2/C=N\NC(=O)C(=O)Nc2ccc(F)cc2)cc1. The summed E-state index contributed by atoms with van der Waals surface area (Å²) in [7, 11) is 0. The second-order valence-electron chi connectivity index (χ2n) is 7.61. The van der Waals surface area contributed by atoms with E-state index in [4.69, 9.17) is 4.74 Å². The number of fused-ring (bicyclic) bond motifs is 1. The third kappa shape index (κ3) is 5.75. The molecule has 0 aliphatic heterocycles. The van der Waals surface area contributed by atoms with Gasteiger partial charge in [-0.25, -0.2) is 14.6 Å². The van der Waals surface area contributed by atoms with Crippen LogP contribution in [0.25, 0.3) is 10.8 Å². The molecule has 0 unspecified atom stereocenters. The number of carbonyl (C=O) groups is 3. The van der Waals surface area contributed by atoms with E-state index in [9.17, 15) is 18.8 Å². The molecular weight excluding hydrogens is 449 g/mol. The van der Waals surface area contributed by atoms with Crippen LogP contribution < -0.4 is 15.5 Å². The Morgan fingerprint density at radius 2 is 1.57 bits per heavy atom. The maximum atomic E-state index is 13.0. The summed E-state index contributed by atoms with van der Waals surface area (Å²) in [5.74, 6) is -2.77. The van der Waals surface area contributed by atoms with Gasteiger partial charge in [0.2, 0.25) is 0 Å². The van der Waals surface area contributed by atoms with Crippen LogP contribution >= 0.6 is 0 Å². The van der Waals surface area contributed by atoms with Gasteiger partial charge < -0.3 is 10.1 Å². The number of benzene rings is 4. The zero-order valence-electron chi connectivity index (χ0n) is 18.6. The van der Waals surface area contributed by atoms with Crippen LogP contribution in [0.3, 0.4) is 0 Å². The molecule has 0 aliphatic rings. The molecule has 35 heavy (non-hydrogen) atoms. The number of anilines is 1. The fourth-order valence-corrected chi connectivity index (χ4v) is 3.27. The van der Waals surface area contributed by atoms with Gasteiger partial charge in [-0.15, -0.1) is 0 Å². The van der Waals surface area contributed by atoms with Crippen molar-refractivity contribution in [2.75, 3.05) is 5.32 Å². The van der Waals surface area contributed by atoms with Crippen molar-refractivity contribution in [3.05, 3.63) is 107 Å². The second-order valence-corrected chi connectivity index (χ2v) is 7.61. The van der Waals surface area contributed by atoms with Crippen LogP contribution in [0.15, 0.2) is 90.0 Å². The van der Waals surface area contributed by atoms with E-state index in [0.717, 1.165) is 28.5 Å². The summed E-state index contributed by atoms with van der Waals surface area (Å²) in [5, 5.41) is 7.83. The predicted octanol–water partition coefficient (Wildman–Crippen LogP) is 4.60. The Morgan fingerprint density at radius 1 is 0.857 bits per heavy atom. The van der Waals surface area contributed by atoms with Crippen molar-refractivity contribution in [3.63, 3.8) is 0 Å². The van der Waals surface area contributed by atoms with Gasteiger partial charge in [0.15, 0.2) is 0 Å². The van der Waals surface area contributed by atoms with Gasteiger partial charge in [0.25, 0.3) is 0 Å². The van der Waals surface area contributed by atoms with Crippen LogP contribution in [0.4, 0.5) is 10.1 Å².